The Hall–Kier alpha value is -4.35. The summed E-state index contributed by atoms with van der Waals surface area (Å²) in [4.78, 5) is 14.5. The summed E-state index contributed by atoms with van der Waals surface area (Å²) in [5, 5.41) is 0. The molecule has 2 heterocycles. The molecule has 0 unspecified atom stereocenters. The van der Waals surface area contributed by atoms with Gasteiger partial charge in [-0.25, -0.2) is 14.4 Å². The number of hydrogen-bond acceptors (Lipinski definition) is 4. The second-order valence-corrected chi connectivity index (χ2v) is 9.53. The third kappa shape index (κ3) is 5.06. The molecule has 6 rings (SSSR count). The lowest BCUT2D eigenvalue weighted by molar-refractivity contribution is 0.212. The number of rotatable bonds is 6. The van der Waals surface area contributed by atoms with E-state index in [0.29, 0.717) is 17.1 Å². The number of halogens is 1. The molecule has 38 heavy (non-hydrogen) atoms. The number of hydrogen-bond donors (Lipinski definition) is 0. The standard InChI is InChI=1S/C33H29FN4/c34-29-19-11-10-18-28(29)30-24-31(36-33(35-30)27-16-8-3-9-17-27)37-20-22-38(23-21-37)32(25-12-4-1-5-13-25)26-14-6-2-7-15-26/h1-19,24,32H,20-23H2. The van der Waals surface area contributed by atoms with Gasteiger partial charge in [0, 0.05) is 43.4 Å². The van der Waals surface area contributed by atoms with Crippen molar-refractivity contribution in [2.45, 2.75) is 6.04 Å². The van der Waals surface area contributed by atoms with Gasteiger partial charge in [-0.05, 0) is 23.3 Å². The van der Waals surface area contributed by atoms with Gasteiger partial charge in [0.2, 0.25) is 0 Å². The van der Waals surface area contributed by atoms with E-state index >= 15 is 0 Å². The summed E-state index contributed by atoms with van der Waals surface area (Å²) in [5.74, 6) is 1.15. The molecule has 0 radical (unpaired) electrons. The Morgan fingerprint density at radius 3 is 1.76 bits per heavy atom. The molecule has 0 spiro atoms. The van der Waals surface area contributed by atoms with E-state index in [9.17, 15) is 4.39 Å². The SMILES string of the molecule is Fc1ccccc1-c1cc(N2CCN(C(c3ccccc3)c3ccccc3)CC2)nc(-c2ccccc2)n1. The fourth-order valence-corrected chi connectivity index (χ4v) is 5.21. The molecule has 4 nitrogen and oxygen atoms in total. The largest absolute Gasteiger partial charge is 0.354 e. The lowest BCUT2D eigenvalue weighted by atomic mass is 9.96. The molecule has 0 N–H and O–H groups in total. The van der Waals surface area contributed by atoms with E-state index in [0.717, 1.165) is 37.6 Å². The Bertz CT molecular complexity index is 1440. The third-order valence-corrected chi connectivity index (χ3v) is 7.13. The van der Waals surface area contributed by atoms with E-state index in [-0.39, 0.29) is 11.9 Å². The lowest BCUT2D eigenvalue weighted by Crippen LogP contribution is -2.48. The van der Waals surface area contributed by atoms with E-state index in [1.807, 2.05) is 42.5 Å². The van der Waals surface area contributed by atoms with Gasteiger partial charge in [-0.3, -0.25) is 4.90 Å². The number of nitrogens with zero attached hydrogens (tertiary/aromatic N) is 4. The normalized spacial score (nSPS) is 14.1. The highest BCUT2D eigenvalue weighted by Crippen LogP contribution is 2.32. The molecule has 0 amide bonds. The van der Waals surface area contributed by atoms with E-state index in [2.05, 4.69) is 70.5 Å². The smallest absolute Gasteiger partial charge is 0.162 e. The average molecular weight is 501 g/mol. The summed E-state index contributed by atoms with van der Waals surface area (Å²) in [6.07, 6.45) is 0. The number of piperazine rings is 1. The van der Waals surface area contributed by atoms with Crippen LogP contribution in [0.25, 0.3) is 22.6 Å². The van der Waals surface area contributed by atoms with E-state index < -0.39 is 0 Å². The zero-order chi connectivity index (χ0) is 25.7. The van der Waals surface area contributed by atoms with Crippen LogP contribution in [0.4, 0.5) is 10.2 Å². The predicted molar refractivity (Wildman–Crippen MR) is 151 cm³/mol. The zero-order valence-corrected chi connectivity index (χ0v) is 21.1. The number of aromatic nitrogens is 2. The van der Waals surface area contributed by atoms with Crippen molar-refractivity contribution >= 4 is 5.82 Å². The van der Waals surface area contributed by atoms with Gasteiger partial charge >= 0.3 is 0 Å². The molecule has 1 fully saturated rings. The van der Waals surface area contributed by atoms with Crippen molar-refractivity contribution in [2.75, 3.05) is 31.1 Å². The monoisotopic (exact) mass is 500 g/mol. The first-order valence-corrected chi connectivity index (χ1v) is 13.0. The van der Waals surface area contributed by atoms with Crippen LogP contribution in [0.15, 0.2) is 121 Å². The molecule has 5 aromatic rings. The van der Waals surface area contributed by atoms with Crippen LogP contribution in [-0.2, 0) is 0 Å². The predicted octanol–water partition coefficient (Wildman–Crippen LogP) is 6.86. The van der Waals surface area contributed by atoms with Crippen LogP contribution in [0.3, 0.4) is 0 Å². The van der Waals surface area contributed by atoms with Gasteiger partial charge in [-0.2, -0.15) is 0 Å². The Morgan fingerprint density at radius 1 is 0.605 bits per heavy atom. The first-order valence-electron chi connectivity index (χ1n) is 13.0. The Morgan fingerprint density at radius 2 is 1.16 bits per heavy atom. The Balaban J connectivity index is 1.31. The van der Waals surface area contributed by atoms with Crippen LogP contribution in [0.2, 0.25) is 0 Å². The quantitative estimate of drug-likeness (QED) is 0.255. The van der Waals surface area contributed by atoms with Gasteiger partial charge in [0.05, 0.1) is 11.7 Å². The van der Waals surface area contributed by atoms with Crippen LogP contribution < -0.4 is 4.90 Å². The molecule has 188 valence electrons. The first-order chi connectivity index (χ1) is 18.8. The highest BCUT2D eigenvalue weighted by molar-refractivity contribution is 5.68. The molecule has 4 aromatic carbocycles. The molecule has 0 bridgehead atoms. The minimum Gasteiger partial charge on any atom is -0.354 e. The second-order valence-electron chi connectivity index (χ2n) is 9.53. The molecule has 0 aliphatic carbocycles. The van der Waals surface area contributed by atoms with Crippen LogP contribution in [0.5, 0.6) is 0 Å². The van der Waals surface area contributed by atoms with Crippen molar-refractivity contribution in [3.63, 3.8) is 0 Å². The summed E-state index contributed by atoms with van der Waals surface area (Å²) in [6, 6.07) is 40.2. The second kappa shape index (κ2) is 11.0. The topological polar surface area (TPSA) is 32.3 Å². The molecule has 1 saturated heterocycles. The van der Waals surface area contributed by atoms with Gasteiger partial charge in [-0.1, -0.05) is 103 Å². The summed E-state index contributed by atoms with van der Waals surface area (Å²) >= 11 is 0. The summed E-state index contributed by atoms with van der Waals surface area (Å²) in [5.41, 5.74) is 4.59. The van der Waals surface area contributed by atoms with E-state index in [1.54, 1.807) is 12.1 Å². The van der Waals surface area contributed by atoms with E-state index in [4.69, 9.17) is 9.97 Å². The van der Waals surface area contributed by atoms with Gasteiger partial charge in [0.1, 0.15) is 11.6 Å². The minimum absolute atomic E-state index is 0.193. The van der Waals surface area contributed by atoms with Crippen LogP contribution in [-0.4, -0.2) is 41.0 Å². The Kier molecular flexibility index (Phi) is 6.92. The maximum absolute atomic E-state index is 14.8. The first kappa shape index (κ1) is 24.0. The summed E-state index contributed by atoms with van der Waals surface area (Å²) in [6.45, 7) is 3.40. The zero-order valence-electron chi connectivity index (χ0n) is 21.1. The fraction of sp³-hybridized carbons (Fsp3) is 0.152. The molecule has 0 atom stereocenters. The van der Waals surface area contributed by atoms with Gasteiger partial charge in [-0.15, -0.1) is 0 Å². The summed E-state index contributed by atoms with van der Waals surface area (Å²) < 4.78 is 14.8. The summed E-state index contributed by atoms with van der Waals surface area (Å²) in [7, 11) is 0. The van der Waals surface area contributed by atoms with Gasteiger partial charge in [0.25, 0.3) is 0 Å². The van der Waals surface area contributed by atoms with Gasteiger partial charge in [0.15, 0.2) is 5.82 Å². The molecular weight excluding hydrogens is 471 g/mol. The van der Waals surface area contributed by atoms with Crippen molar-refractivity contribution in [3.8, 4) is 22.6 Å². The molecular formula is C33H29FN4. The van der Waals surface area contributed by atoms with Crippen molar-refractivity contribution in [1.82, 2.24) is 14.9 Å². The van der Waals surface area contributed by atoms with Gasteiger partial charge < -0.3 is 4.90 Å². The molecule has 0 saturated carbocycles. The van der Waals surface area contributed by atoms with Crippen molar-refractivity contribution in [1.29, 1.82) is 0 Å². The highest BCUT2D eigenvalue weighted by Gasteiger charge is 2.27. The minimum atomic E-state index is -0.283. The maximum atomic E-state index is 14.8. The molecule has 1 aliphatic heterocycles. The van der Waals surface area contributed by atoms with Crippen LogP contribution in [0.1, 0.15) is 17.2 Å². The molecule has 1 aliphatic rings. The molecule has 1 aromatic heterocycles. The maximum Gasteiger partial charge on any atom is 0.162 e. The van der Waals surface area contributed by atoms with Crippen molar-refractivity contribution < 1.29 is 4.39 Å². The number of benzene rings is 4. The Labute approximate surface area is 223 Å². The van der Waals surface area contributed by atoms with Crippen molar-refractivity contribution in [3.05, 3.63) is 138 Å². The third-order valence-electron chi connectivity index (χ3n) is 7.13. The van der Waals surface area contributed by atoms with E-state index in [1.165, 1.54) is 17.2 Å². The van der Waals surface area contributed by atoms with Crippen LogP contribution in [0, 0.1) is 5.82 Å². The van der Waals surface area contributed by atoms with Crippen LogP contribution >= 0.6 is 0 Å². The van der Waals surface area contributed by atoms with Crippen molar-refractivity contribution in [2.24, 2.45) is 0 Å². The number of anilines is 1. The fourth-order valence-electron chi connectivity index (χ4n) is 5.21. The lowest BCUT2D eigenvalue weighted by Gasteiger charge is -2.40. The average Bonchev–Trinajstić information content (AvgIpc) is 2.99. The highest BCUT2D eigenvalue weighted by atomic mass is 19.1. The molecule has 5 heteroatoms.